The number of nitro benzene ring substituents is 1. The van der Waals surface area contributed by atoms with Gasteiger partial charge < -0.3 is 9.47 Å². The smallest absolute Gasteiger partial charge is 0.318 e. The zero-order valence-electron chi connectivity index (χ0n) is 13.0. The van der Waals surface area contributed by atoms with Crippen molar-refractivity contribution in [1.82, 2.24) is 0 Å². The molecule has 0 aromatic heterocycles. The lowest BCUT2D eigenvalue weighted by Crippen LogP contribution is -2.48. The van der Waals surface area contributed by atoms with Crippen LogP contribution in [0.2, 0.25) is 0 Å². The molecule has 0 spiro atoms. The predicted octanol–water partition coefficient (Wildman–Crippen LogP) is 2.70. The molecule has 2 atom stereocenters. The van der Waals surface area contributed by atoms with Gasteiger partial charge in [0.05, 0.1) is 18.1 Å². The second-order valence-corrected chi connectivity index (χ2v) is 5.37. The van der Waals surface area contributed by atoms with E-state index in [2.05, 4.69) is 0 Å². The van der Waals surface area contributed by atoms with Gasteiger partial charge in [-0.15, -0.1) is 0 Å². The van der Waals surface area contributed by atoms with E-state index in [1.54, 1.807) is 25.1 Å². The molecule has 0 aliphatic rings. The second kappa shape index (κ2) is 6.67. The van der Waals surface area contributed by atoms with E-state index in [1.165, 1.54) is 20.3 Å². The van der Waals surface area contributed by atoms with Gasteiger partial charge in [-0.1, -0.05) is 32.0 Å². The SMILES string of the molecule is COC(=O)C(C)(c1ccccc1[N+](=O)[O-])C(OC)C(C)C. The first-order valence-electron chi connectivity index (χ1n) is 6.65. The molecular weight excluding hydrogens is 274 g/mol. The number of benzene rings is 1. The van der Waals surface area contributed by atoms with Crippen molar-refractivity contribution in [3.05, 3.63) is 39.9 Å². The molecule has 0 saturated heterocycles. The third-order valence-corrected chi connectivity index (χ3v) is 3.70. The highest BCUT2D eigenvalue weighted by molar-refractivity contribution is 5.85. The molecule has 0 aliphatic heterocycles. The number of methoxy groups -OCH3 is 2. The van der Waals surface area contributed by atoms with Gasteiger partial charge in [0.1, 0.15) is 5.41 Å². The summed E-state index contributed by atoms with van der Waals surface area (Å²) < 4.78 is 10.4. The van der Waals surface area contributed by atoms with E-state index in [9.17, 15) is 14.9 Å². The Morgan fingerprint density at radius 3 is 2.29 bits per heavy atom. The normalized spacial score (nSPS) is 15.3. The highest BCUT2D eigenvalue weighted by Gasteiger charge is 2.49. The van der Waals surface area contributed by atoms with Gasteiger partial charge in [-0.2, -0.15) is 0 Å². The molecule has 6 nitrogen and oxygen atoms in total. The van der Waals surface area contributed by atoms with Crippen LogP contribution >= 0.6 is 0 Å². The van der Waals surface area contributed by atoms with Crippen molar-refractivity contribution in [2.75, 3.05) is 14.2 Å². The van der Waals surface area contributed by atoms with Gasteiger partial charge >= 0.3 is 5.97 Å². The van der Waals surface area contributed by atoms with Crippen molar-refractivity contribution in [2.24, 2.45) is 5.92 Å². The summed E-state index contributed by atoms with van der Waals surface area (Å²) in [5.41, 5.74) is -1.09. The first-order chi connectivity index (χ1) is 9.80. The second-order valence-electron chi connectivity index (χ2n) is 5.37. The van der Waals surface area contributed by atoms with Crippen LogP contribution in [0.4, 0.5) is 5.69 Å². The van der Waals surface area contributed by atoms with E-state index < -0.39 is 22.4 Å². The number of ether oxygens (including phenoxy) is 2. The first-order valence-corrected chi connectivity index (χ1v) is 6.65. The van der Waals surface area contributed by atoms with E-state index >= 15 is 0 Å². The lowest BCUT2D eigenvalue weighted by atomic mass is 9.72. The molecule has 21 heavy (non-hydrogen) atoms. The summed E-state index contributed by atoms with van der Waals surface area (Å²) in [5.74, 6) is -0.587. The van der Waals surface area contributed by atoms with Crippen LogP contribution in [0.15, 0.2) is 24.3 Å². The van der Waals surface area contributed by atoms with Gasteiger partial charge in [-0.05, 0) is 12.8 Å². The van der Waals surface area contributed by atoms with Gasteiger partial charge in [-0.3, -0.25) is 14.9 Å². The number of rotatable bonds is 6. The summed E-state index contributed by atoms with van der Waals surface area (Å²) in [5, 5.41) is 11.3. The maximum Gasteiger partial charge on any atom is 0.318 e. The maximum atomic E-state index is 12.4. The largest absolute Gasteiger partial charge is 0.468 e. The number of hydrogen-bond acceptors (Lipinski definition) is 5. The van der Waals surface area contributed by atoms with E-state index in [0.717, 1.165) is 0 Å². The van der Waals surface area contributed by atoms with E-state index in [-0.39, 0.29) is 11.6 Å². The molecule has 0 amide bonds. The molecule has 1 aromatic rings. The molecule has 0 aliphatic carbocycles. The summed E-state index contributed by atoms with van der Waals surface area (Å²) in [6.07, 6.45) is -0.550. The highest BCUT2D eigenvalue weighted by atomic mass is 16.6. The van der Waals surface area contributed by atoms with Crippen LogP contribution < -0.4 is 0 Å². The van der Waals surface area contributed by atoms with E-state index in [0.29, 0.717) is 5.56 Å². The Morgan fingerprint density at radius 2 is 1.86 bits per heavy atom. The van der Waals surface area contributed by atoms with Crippen molar-refractivity contribution in [3.63, 3.8) is 0 Å². The number of hydrogen-bond donors (Lipinski definition) is 0. The Morgan fingerprint density at radius 1 is 1.29 bits per heavy atom. The predicted molar refractivity (Wildman–Crippen MR) is 78.1 cm³/mol. The van der Waals surface area contributed by atoms with Crippen LogP contribution in [0.5, 0.6) is 0 Å². The summed E-state index contributed by atoms with van der Waals surface area (Å²) >= 11 is 0. The first kappa shape index (κ1) is 17.1. The van der Waals surface area contributed by atoms with Crippen LogP contribution in [0.1, 0.15) is 26.3 Å². The average molecular weight is 295 g/mol. The van der Waals surface area contributed by atoms with Crippen LogP contribution in [-0.4, -0.2) is 31.2 Å². The topological polar surface area (TPSA) is 78.7 Å². The van der Waals surface area contributed by atoms with Gasteiger partial charge in [-0.25, -0.2) is 0 Å². The minimum Gasteiger partial charge on any atom is -0.468 e. The molecule has 6 heteroatoms. The Kier molecular flexibility index (Phi) is 5.43. The summed E-state index contributed by atoms with van der Waals surface area (Å²) in [7, 11) is 2.75. The number of carbonyl (C=O) groups is 1. The van der Waals surface area contributed by atoms with Gasteiger partial charge in [0.15, 0.2) is 0 Å². The van der Waals surface area contributed by atoms with Crippen LogP contribution in [-0.2, 0) is 19.7 Å². The molecule has 0 saturated carbocycles. The molecule has 2 unspecified atom stereocenters. The minimum absolute atomic E-state index is 0.0288. The lowest BCUT2D eigenvalue weighted by molar-refractivity contribution is -0.386. The number of esters is 1. The standard InChI is InChI=1S/C15H21NO5/c1-10(2)13(20-4)15(3,14(17)21-5)11-8-6-7-9-12(11)16(18)19/h6-10,13H,1-5H3. The van der Waals surface area contributed by atoms with Crippen molar-refractivity contribution >= 4 is 11.7 Å². The lowest BCUT2D eigenvalue weighted by Gasteiger charge is -2.36. The molecule has 0 bridgehead atoms. The maximum absolute atomic E-state index is 12.4. The van der Waals surface area contributed by atoms with Gasteiger partial charge in [0, 0.05) is 18.7 Å². The van der Waals surface area contributed by atoms with E-state index in [4.69, 9.17) is 9.47 Å². The van der Waals surface area contributed by atoms with Gasteiger partial charge in [0.25, 0.3) is 5.69 Å². The zero-order valence-corrected chi connectivity index (χ0v) is 13.0. The Labute approximate surface area is 124 Å². The van der Waals surface area contributed by atoms with Crippen LogP contribution in [0.3, 0.4) is 0 Å². The number of carbonyl (C=O) groups excluding carboxylic acids is 1. The fourth-order valence-electron chi connectivity index (χ4n) is 2.84. The molecule has 0 heterocycles. The number of nitro groups is 1. The third kappa shape index (κ3) is 3.05. The quantitative estimate of drug-likeness (QED) is 0.458. The third-order valence-electron chi connectivity index (χ3n) is 3.70. The van der Waals surface area contributed by atoms with Crippen molar-refractivity contribution in [1.29, 1.82) is 0 Å². The Bertz CT molecular complexity index is 529. The van der Waals surface area contributed by atoms with Crippen molar-refractivity contribution in [3.8, 4) is 0 Å². The van der Waals surface area contributed by atoms with Crippen LogP contribution in [0, 0.1) is 16.0 Å². The Balaban J connectivity index is 3.60. The van der Waals surface area contributed by atoms with Gasteiger partial charge in [0.2, 0.25) is 0 Å². The molecular formula is C15H21NO5. The molecule has 1 aromatic carbocycles. The molecule has 0 fully saturated rings. The van der Waals surface area contributed by atoms with Crippen molar-refractivity contribution < 1.29 is 19.2 Å². The number of nitrogens with zero attached hydrogens (tertiary/aromatic N) is 1. The molecule has 1 rings (SSSR count). The summed E-state index contributed by atoms with van der Waals surface area (Å²) in [6.45, 7) is 5.41. The number of para-hydroxylation sites is 1. The Hall–Kier alpha value is -1.95. The zero-order chi connectivity index (χ0) is 16.2. The fraction of sp³-hybridized carbons (Fsp3) is 0.533. The fourth-order valence-corrected chi connectivity index (χ4v) is 2.84. The molecule has 0 N–H and O–H groups in total. The molecule has 0 radical (unpaired) electrons. The average Bonchev–Trinajstić information content (AvgIpc) is 2.46. The monoisotopic (exact) mass is 295 g/mol. The summed E-state index contributed by atoms with van der Waals surface area (Å²) in [4.78, 5) is 23.2. The highest BCUT2D eigenvalue weighted by Crippen LogP contribution is 2.39. The summed E-state index contributed by atoms with van der Waals surface area (Å²) in [6, 6.07) is 6.18. The van der Waals surface area contributed by atoms with E-state index in [1.807, 2.05) is 13.8 Å². The van der Waals surface area contributed by atoms with Crippen LogP contribution in [0.25, 0.3) is 0 Å². The molecule has 116 valence electrons. The van der Waals surface area contributed by atoms with Crippen molar-refractivity contribution in [2.45, 2.75) is 32.3 Å². The minimum atomic E-state index is -1.26.